The third-order valence-electron chi connectivity index (χ3n) is 4.62. The topological polar surface area (TPSA) is 63.4 Å². The van der Waals surface area contributed by atoms with Gasteiger partial charge in [0.1, 0.15) is 0 Å². The van der Waals surface area contributed by atoms with Gasteiger partial charge in [-0.25, -0.2) is 4.98 Å². The number of hydrogen-bond acceptors (Lipinski definition) is 7. The van der Waals surface area contributed by atoms with Crippen molar-refractivity contribution < 1.29 is 22.3 Å². The van der Waals surface area contributed by atoms with Gasteiger partial charge in [0, 0.05) is 36.1 Å². The van der Waals surface area contributed by atoms with Crippen LogP contribution >= 0.6 is 11.3 Å². The molecule has 3 aliphatic rings. The number of halogens is 3. The van der Waals surface area contributed by atoms with Crippen LogP contribution in [0.15, 0.2) is 27.4 Å². The van der Waals surface area contributed by atoms with Gasteiger partial charge in [0.05, 0.1) is 11.2 Å². The van der Waals surface area contributed by atoms with Gasteiger partial charge in [0.25, 0.3) is 6.01 Å². The Labute approximate surface area is 149 Å². The molecule has 136 valence electrons. The van der Waals surface area contributed by atoms with Gasteiger partial charge in [0.15, 0.2) is 16.8 Å². The highest BCUT2D eigenvalue weighted by atomic mass is 32.1. The molecule has 10 heteroatoms. The van der Waals surface area contributed by atoms with Crippen LogP contribution in [0.1, 0.15) is 6.42 Å². The summed E-state index contributed by atoms with van der Waals surface area (Å²) in [7, 11) is 0. The zero-order valence-corrected chi connectivity index (χ0v) is 14.1. The number of nitrogens with zero attached hydrogens (tertiary/aromatic N) is 3. The number of aromatic nitrogens is 2. The van der Waals surface area contributed by atoms with Gasteiger partial charge >= 0.3 is 6.36 Å². The number of benzene rings is 1. The van der Waals surface area contributed by atoms with Crippen LogP contribution in [-0.2, 0) is 0 Å². The van der Waals surface area contributed by atoms with Gasteiger partial charge < -0.3 is 19.4 Å². The molecule has 3 aromatic rings. The fraction of sp³-hybridized carbons (Fsp3) is 0.375. The second-order valence-corrected chi connectivity index (χ2v) is 7.13. The lowest BCUT2D eigenvalue weighted by atomic mass is 9.92. The summed E-state index contributed by atoms with van der Waals surface area (Å²) >= 11 is 1.40. The molecule has 0 aliphatic carbocycles. The molecule has 0 spiro atoms. The number of piperazine rings is 1. The van der Waals surface area contributed by atoms with Crippen molar-refractivity contribution in [2.45, 2.75) is 24.9 Å². The molecule has 1 aromatic carbocycles. The summed E-state index contributed by atoms with van der Waals surface area (Å²) < 4.78 is 48.3. The second-order valence-electron chi connectivity index (χ2n) is 6.41. The van der Waals surface area contributed by atoms with E-state index in [9.17, 15) is 13.2 Å². The van der Waals surface area contributed by atoms with E-state index in [0.717, 1.165) is 6.42 Å². The predicted molar refractivity (Wildman–Crippen MR) is 89.3 cm³/mol. The van der Waals surface area contributed by atoms with Crippen LogP contribution in [0.5, 0.6) is 5.75 Å². The molecule has 2 aromatic heterocycles. The second kappa shape index (κ2) is 5.58. The summed E-state index contributed by atoms with van der Waals surface area (Å²) in [5, 5.41) is 5.20. The van der Waals surface area contributed by atoms with Crippen LogP contribution in [0, 0.1) is 0 Å². The normalized spacial score (nSPS) is 22.5. The number of hydrogen-bond donors (Lipinski definition) is 1. The number of alkyl halides is 3. The number of ether oxygens (including phenoxy) is 1. The van der Waals surface area contributed by atoms with Crippen LogP contribution in [0.25, 0.3) is 22.4 Å². The minimum Gasteiger partial charge on any atom is -0.423 e. The Balaban J connectivity index is 1.62. The van der Waals surface area contributed by atoms with Crippen LogP contribution < -0.4 is 15.0 Å². The Bertz CT molecular complexity index is 940. The molecule has 26 heavy (non-hydrogen) atoms. The fourth-order valence-electron chi connectivity index (χ4n) is 3.53. The van der Waals surface area contributed by atoms with E-state index in [0.29, 0.717) is 42.4 Å². The molecular weight excluding hydrogens is 369 g/mol. The standard InChI is InChI=1S/C16H13F3N4O2S/c17-16(18,19)25-12-2-1-10(11-6-26-7-20-11)14-13(12)22-15(24-14)23-4-8-3-9(5-23)21-8/h1-2,6-9,21H,3-5H2. The van der Waals surface area contributed by atoms with Gasteiger partial charge in [-0.15, -0.1) is 24.5 Å². The van der Waals surface area contributed by atoms with E-state index < -0.39 is 6.36 Å². The maximum atomic E-state index is 12.8. The molecule has 1 N–H and O–H groups in total. The van der Waals surface area contributed by atoms with Crippen molar-refractivity contribution in [1.82, 2.24) is 15.3 Å². The molecule has 2 unspecified atom stereocenters. The number of piperidine rings is 1. The molecule has 0 saturated carbocycles. The first kappa shape index (κ1) is 15.9. The fourth-order valence-corrected chi connectivity index (χ4v) is 4.08. The van der Waals surface area contributed by atoms with Gasteiger partial charge in [-0.1, -0.05) is 0 Å². The van der Waals surface area contributed by atoms with Gasteiger partial charge in [-0.05, 0) is 18.6 Å². The molecule has 2 atom stereocenters. The number of thiazole rings is 1. The lowest BCUT2D eigenvalue weighted by Crippen LogP contribution is -2.67. The van der Waals surface area contributed by atoms with Crippen molar-refractivity contribution in [2.75, 3.05) is 18.0 Å². The lowest BCUT2D eigenvalue weighted by molar-refractivity contribution is -0.274. The maximum absolute atomic E-state index is 12.8. The highest BCUT2D eigenvalue weighted by molar-refractivity contribution is 7.07. The van der Waals surface area contributed by atoms with Crippen molar-refractivity contribution >= 4 is 28.5 Å². The van der Waals surface area contributed by atoms with Gasteiger partial charge in [-0.2, -0.15) is 4.98 Å². The van der Waals surface area contributed by atoms with Crippen LogP contribution in [0.2, 0.25) is 0 Å². The van der Waals surface area contributed by atoms with Crippen molar-refractivity contribution in [3.05, 3.63) is 23.0 Å². The van der Waals surface area contributed by atoms with Crippen LogP contribution in [0.3, 0.4) is 0 Å². The zero-order chi connectivity index (χ0) is 17.9. The molecule has 0 radical (unpaired) electrons. The number of rotatable bonds is 3. The molecule has 5 heterocycles. The minimum absolute atomic E-state index is 0.0510. The summed E-state index contributed by atoms with van der Waals surface area (Å²) in [6, 6.07) is 3.82. The largest absolute Gasteiger partial charge is 0.573 e. The average molecular weight is 382 g/mol. The molecule has 3 aliphatic heterocycles. The number of anilines is 1. The summed E-state index contributed by atoms with van der Waals surface area (Å²) in [5.74, 6) is -0.373. The van der Waals surface area contributed by atoms with E-state index in [-0.39, 0.29) is 16.8 Å². The molecule has 3 saturated heterocycles. The molecule has 6 nitrogen and oxygen atoms in total. The molecule has 2 bridgehead atoms. The monoisotopic (exact) mass is 382 g/mol. The Morgan fingerprint density at radius 2 is 2.04 bits per heavy atom. The molecule has 6 rings (SSSR count). The predicted octanol–water partition coefficient (Wildman–Crippen LogP) is 3.40. The van der Waals surface area contributed by atoms with E-state index in [1.165, 1.54) is 23.5 Å². The van der Waals surface area contributed by atoms with Crippen molar-refractivity contribution in [3.8, 4) is 17.0 Å². The summed E-state index contributed by atoms with van der Waals surface area (Å²) in [4.78, 5) is 10.5. The Morgan fingerprint density at radius 3 is 2.69 bits per heavy atom. The van der Waals surface area contributed by atoms with E-state index in [2.05, 4.69) is 20.0 Å². The third kappa shape index (κ3) is 2.69. The van der Waals surface area contributed by atoms with E-state index in [4.69, 9.17) is 4.42 Å². The summed E-state index contributed by atoms with van der Waals surface area (Å²) in [6.45, 7) is 1.43. The molecular formula is C16H13F3N4O2S. The highest BCUT2D eigenvalue weighted by Crippen LogP contribution is 2.39. The Morgan fingerprint density at radius 1 is 1.27 bits per heavy atom. The van der Waals surface area contributed by atoms with Crippen molar-refractivity contribution in [2.24, 2.45) is 0 Å². The summed E-state index contributed by atoms with van der Waals surface area (Å²) in [5.41, 5.74) is 3.18. The summed E-state index contributed by atoms with van der Waals surface area (Å²) in [6.07, 6.45) is -3.70. The first-order valence-corrected chi connectivity index (χ1v) is 8.99. The van der Waals surface area contributed by atoms with Crippen LogP contribution in [0.4, 0.5) is 19.2 Å². The van der Waals surface area contributed by atoms with Crippen molar-refractivity contribution in [3.63, 3.8) is 0 Å². The first-order chi connectivity index (χ1) is 12.5. The van der Waals surface area contributed by atoms with Crippen molar-refractivity contribution in [1.29, 1.82) is 0 Å². The number of oxazole rings is 1. The Kier molecular flexibility index (Phi) is 3.41. The van der Waals surface area contributed by atoms with E-state index >= 15 is 0 Å². The smallest absolute Gasteiger partial charge is 0.423 e. The number of nitrogens with one attached hydrogen (secondary N) is 1. The molecule has 0 amide bonds. The lowest BCUT2D eigenvalue weighted by Gasteiger charge is -2.47. The first-order valence-electron chi connectivity index (χ1n) is 8.05. The van der Waals surface area contributed by atoms with E-state index in [1.54, 1.807) is 10.9 Å². The zero-order valence-electron chi connectivity index (χ0n) is 13.3. The van der Waals surface area contributed by atoms with E-state index in [1.807, 2.05) is 4.90 Å². The maximum Gasteiger partial charge on any atom is 0.573 e. The Hall–Kier alpha value is -2.33. The number of fused-ring (bicyclic) bond motifs is 3. The van der Waals surface area contributed by atoms with Gasteiger partial charge in [0.2, 0.25) is 0 Å². The average Bonchev–Trinajstić information content (AvgIpc) is 3.23. The van der Waals surface area contributed by atoms with Crippen LogP contribution in [-0.4, -0.2) is 41.5 Å². The quantitative estimate of drug-likeness (QED) is 0.749. The molecule has 3 fully saturated rings. The minimum atomic E-state index is -4.80. The third-order valence-corrected chi connectivity index (χ3v) is 5.21. The van der Waals surface area contributed by atoms with Gasteiger partial charge in [-0.3, -0.25) is 0 Å². The highest BCUT2D eigenvalue weighted by Gasteiger charge is 2.39. The SMILES string of the molecule is FC(F)(F)Oc1ccc(-c2cscn2)c2oc(N3CC4CC(C3)N4)nc12.